The highest BCUT2D eigenvalue weighted by Crippen LogP contribution is 2.44. The molecule has 0 amide bonds. The Morgan fingerprint density at radius 3 is 1.68 bits per heavy atom. The molecule has 8 heteroatoms. The van der Waals surface area contributed by atoms with Gasteiger partial charge in [-0.2, -0.15) is 0 Å². The molecule has 0 aliphatic heterocycles. The number of benzene rings is 2. The summed E-state index contributed by atoms with van der Waals surface area (Å²) in [6, 6.07) is 6.46. The van der Waals surface area contributed by atoms with Crippen molar-refractivity contribution in [3.8, 4) is 11.1 Å². The zero-order valence-corrected chi connectivity index (χ0v) is 12.4. The van der Waals surface area contributed by atoms with Gasteiger partial charge in [-0.25, -0.2) is 19.2 Å². The molecule has 0 saturated carbocycles. The Bertz CT molecular complexity index is 987. The van der Waals surface area contributed by atoms with E-state index < -0.39 is 46.1 Å². The molecule has 2 aromatic rings. The van der Waals surface area contributed by atoms with E-state index in [1.54, 1.807) is 24.3 Å². The maximum atomic E-state index is 11.7. The first-order valence-corrected chi connectivity index (χ1v) is 7.00. The minimum absolute atomic E-state index is 0.00602. The number of rotatable bonds is 4. The van der Waals surface area contributed by atoms with E-state index in [0.29, 0.717) is 11.1 Å². The van der Waals surface area contributed by atoms with Gasteiger partial charge >= 0.3 is 23.9 Å². The fraction of sp³-hybridized carbons (Fsp3) is 0.0588. The first kappa shape index (κ1) is 16.2. The minimum Gasteiger partial charge on any atom is -0.478 e. The SMILES string of the molecule is O=C(O)c1c2c(c(C(=O)O)c(C(=O)O)c1C(=O)O)-c1ccccc1C2. The van der Waals surface area contributed by atoms with Crippen LogP contribution in [0.1, 0.15) is 52.6 Å². The fourth-order valence-corrected chi connectivity index (χ4v) is 3.26. The fourth-order valence-electron chi connectivity index (χ4n) is 3.26. The first-order chi connectivity index (χ1) is 11.8. The molecule has 0 aromatic heterocycles. The van der Waals surface area contributed by atoms with Gasteiger partial charge in [-0.05, 0) is 23.1 Å². The van der Waals surface area contributed by atoms with Gasteiger partial charge in [0.05, 0.1) is 22.3 Å². The van der Waals surface area contributed by atoms with E-state index in [1.165, 1.54) is 0 Å². The molecule has 0 fully saturated rings. The van der Waals surface area contributed by atoms with E-state index in [0.717, 1.165) is 0 Å². The van der Waals surface area contributed by atoms with E-state index in [4.69, 9.17) is 0 Å². The Hall–Kier alpha value is -3.68. The third-order valence-electron chi connectivity index (χ3n) is 4.11. The first-order valence-electron chi connectivity index (χ1n) is 7.00. The summed E-state index contributed by atoms with van der Waals surface area (Å²) in [5.41, 5.74) is -2.54. The lowest BCUT2D eigenvalue weighted by molar-refractivity contribution is 0.0619. The molecule has 0 saturated heterocycles. The Balaban J connectivity index is 2.61. The zero-order valence-electron chi connectivity index (χ0n) is 12.4. The number of carboxylic acids is 4. The molecule has 1 aliphatic carbocycles. The third-order valence-corrected chi connectivity index (χ3v) is 4.11. The summed E-state index contributed by atoms with van der Waals surface area (Å²) in [4.78, 5) is 46.6. The van der Waals surface area contributed by atoms with Gasteiger partial charge in [0.1, 0.15) is 0 Å². The molecule has 2 aromatic carbocycles. The molecular weight excluding hydrogens is 332 g/mol. The summed E-state index contributed by atoms with van der Waals surface area (Å²) in [6.07, 6.45) is 0.00754. The molecule has 0 atom stereocenters. The Labute approximate surface area is 139 Å². The highest BCUT2D eigenvalue weighted by atomic mass is 16.4. The lowest BCUT2D eigenvalue weighted by Crippen LogP contribution is -2.22. The van der Waals surface area contributed by atoms with Crippen LogP contribution in [-0.4, -0.2) is 44.3 Å². The van der Waals surface area contributed by atoms with Gasteiger partial charge in [-0.3, -0.25) is 0 Å². The second-order valence-corrected chi connectivity index (χ2v) is 5.41. The molecular formula is C17H10O8. The maximum Gasteiger partial charge on any atom is 0.337 e. The normalized spacial score (nSPS) is 11.5. The summed E-state index contributed by atoms with van der Waals surface area (Å²) >= 11 is 0. The molecule has 0 bridgehead atoms. The van der Waals surface area contributed by atoms with Crippen LogP contribution in [0, 0.1) is 0 Å². The topological polar surface area (TPSA) is 149 Å². The van der Waals surface area contributed by atoms with Crippen molar-refractivity contribution in [2.75, 3.05) is 0 Å². The van der Waals surface area contributed by atoms with Crippen molar-refractivity contribution in [2.24, 2.45) is 0 Å². The van der Waals surface area contributed by atoms with Crippen LogP contribution in [-0.2, 0) is 6.42 Å². The van der Waals surface area contributed by atoms with E-state index in [-0.39, 0.29) is 17.5 Å². The molecule has 3 rings (SSSR count). The highest BCUT2D eigenvalue weighted by molar-refractivity contribution is 6.18. The summed E-state index contributed by atoms with van der Waals surface area (Å²) in [5, 5.41) is 37.8. The van der Waals surface area contributed by atoms with Crippen LogP contribution in [0.4, 0.5) is 0 Å². The average molecular weight is 342 g/mol. The van der Waals surface area contributed by atoms with E-state index >= 15 is 0 Å². The molecule has 8 nitrogen and oxygen atoms in total. The monoisotopic (exact) mass is 342 g/mol. The Morgan fingerprint density at radius 1 is 0.680 bits per heavy atom. The van der Waals surface area contributed by atoms with Gasteiger partial charge < -0.3 is 20.4 Å². The van der Waals surface area contributed by atoms with Crippen molar-refractivity contribution in [1.82, 2.24) is 0 Å². The number of hydrogen-bond donors (Lipinski definition) is 4. The number of fused-ring (bicyclic) bond motifs is 3. The number of aromatic carboxylic acids is 4. The van der Waals surface area contributed by atoms with E-state index in [2.05, 4.69) is 0 Å². The van der Waals surface area contributed by atoms with Gasteiger partial charge in [0.25, 0.3) is 0 Å². The predicted molar refractivity (Wildman–Crippen MR) is 82.5 cm³/mol. The summed E-state index contributed by atoms with van der Waals surface area (Å²) in [6.45, 7) is 0. The van der Waals surface area contributed by atoms with Crippen LogP contribution < -0.4 is 0 Å². The smallest absolute Gasteiger partial charge is 0.337 e. The Morgan fingerprint density at radius 2 is 1.16 bits per heavy atom. The molecule has 0 heterocycles. The van der Waals surface area contributed by atoms with Gasteiger partial charge in [0, 0.05) is 5.56 Å². The average Bonchev–Trinajstić information content (AvgIpc) is 2.90. The van der Waals surface area contributed by atoms with E-state index in [9.17, 15) is 39.6 Å². The molecule has 0 unspecified atom stereocenters. The standard InChI is InChI=1S/C17H10O8/c18-14(19)10-8-5-6-3-1-2-4-7(6)9(8)11(15(20)21)13(17(24)25)12(10)16(22)23/h1-4H,5H2,(H,18,19)(H,20,21)(H,22,23)(H,24,25). The van der Waals surface area contributed by atoms with Crippen molar-refractivity contribution >= 4 is 23.9 Å². The molecule has 4 N–H and O–H groups in total. The Kier molecular flexibility index (Phi) is 3.53. The van der Waals surface area contributed by atoms with E-state index in [1.807, 2.05) is 0 Å². The largest absolute Gasteiger partial charge is 0.478 e. The molecule has 25 heavy (non-hydrogen) atoms. The molecule has 1 aliphatic rings. The van der Waals surface area contributed by atoms with Gasteiger partial charge in [-0.15, -0.1) is 0 Å². The summed E-state index contributed by atoms with van der Waals surface area (Å²) in [5.74, 6) is -6.88. The van der Waals surface area contributed by atoms with Crippen molar-refractivity contribution in [2.45, 2.75) is 6.42 Å². The van der Waals surface area contributed by atoms with Gasteiger partial charge in [0.15, 0.2) is 0 Å². The molecule has 126 valence electrons. The van der Waals surface area contributed by atoms with Crippen LogP contribution in [0.2, 0.25) is 0 Å². The van der Waals surface area contributed by atoms with Crippen LogP contribution in [0.5, 0.6) is 0 Å². The van der Waals surface area contributed by atoms with Crippen molar-refractivity contribution in [3.05, 3.63) is 57.6 Å². The number of carboxylic acid groups (broad SMARTS) is 4. The van der Waals surface area contributed by atoms with Crippen LogP contribution in [0.25, 0.3) is 11.1 Å². The van der Waals surface area contributed by atoms with Crippen molar-refractivity contribution in [1.29, 1.82) is 0 Å². The summed E-state index contributed by atoms with van der Waals surface area (Å²) < 4.78 is 0. The van der Waals surface area contributed by atoms with Crippen LogP contribution in [0.15, 0.2) is 24.3 Å². The molecule has 0 radical (unpaired) electrons. The quantitative estimate of drug-likeness (QED) is 0.563. The lowest BCUT2D eigenvalue weighted by atomic mass is 9.86. The second kappa shape index (κ2) is 5.45. The summed E-state index contributed by atoms with van der Waals surface area (Å²) in [7, 11) is 0. The van der Waals surface area contributed by atoms with Crippen molar-refractivity contribution in [3.63, 3.8) is 0 Å². The predicted octanol–water partition coefficient (Wildman–Crippen LogP) is 2.05. The highest BCUT2D eigenvalue weighted by Gasteiger charge is 2.39. The zero-order chi connectivity index (χ0) is 18.5. The third kappa shape index (κ3) is 2.23. The second-order valence-electron chi connectivity index (χ2n) is 5.41. The van der Waals surface area contributed by atoms with Crippen LogP contribution >= 0.6 is 0 Å². The number of carbonyl (C=O) groups is 4. The van der Waals surface area contributed by atoms with Gasteiger partial charge in [0.2, 0.25) is 0 Å². The minimum atomic E-state index is -1.82. The van der Waals surface area contributed by atoms with Gasteiger partial charge in [-0.1, -0.05) is 24.3 Å². The maximum absolute atomic E-state index is 11.7. The lowest BCUT2D eigenvalue weighted by Gasteiger charge is -2.16. The molecule has 0 spiro atoms. The number of hydrogen-bond acceptors (Lipinski definition) is 4. The van der Waals surface area contributed by atoms with Crippen molar-refractivity contribution < 1.29 is 39.6 Å². The van der Waals surface area contributed by atoms with Crippen LogP contribution in [0.3, 0.4) is 0 Å².